The molecule has 0 radical (unpaired) electrons. The van der Waals surface area contributed by atoms with Gasteiger partial charge in [-0.3, -0.25) is 4.98 Å². The van der Waals surface area contributed by atoms with E-state index in [2.05, 4.69) is 4.98 Å². The van der Waals surface area contributed by atoms with Crippen LogP contribution in [0.1, 0.15) is 5.56 Å². The minimum Gasteiger partial charge on any atom is -0.495 e. The van der Waals surface area contributed by atoms with Crippen molar-refractivity contribution in [2.24, 2.45) is 0 Å². The molecule has 1 aromatic heterocycles. The standard InChI is InChI=1S/C19H15Cl2NO3S/c1-25-18-7-6-15(20)9-19(18)26(23,24)12-13-8-14(11-22-10-13)16-4-2-3-5-17(16)21/h2-11H,12H2,1H3. The third kappa shape index (κ3) is 4.01. The zero-order chi connectivity index (χ0) is 18.7. The Labute approximate surface area is 162 Å². The largest absolute Gasteiger partial charge is 0.495 e. The summed E-state index contributed by atoms with van der Waals surface area (Å²) in [5.74, 6) is 0.0271. The van der Waals surface area contributed by atoms with Crippen LogP contribution in [-0.2, 0) is 15.6 Å². The van der Waals surface area contributed by atoms with Crippen LogP contribution in [0.15, 0.2) is 65.8 Å². The molecule has 0 saturated carbocycles. The van der Waals surface area contributed by atoms with Gasteiger partial charge in [-0.05, 0) is 35.9 Å². The Kier molecular flexibility index (Phi) is 5.51. The lowest BCUT2D eigenvalue weighted by Gasteiger charge is -2.11. The highest BCUT2D eigenvalue weighted by atomic mass is 35.5. The summed E-state index contributed by atoms with van der Waals surface area (Å²) in [6.45, 7) is 0. The van der Waals surface area contributed by atoms with Crippen molar-refractivity contribution in [1.29, 1.82) is 0 Å². The summed E-state index contributed by atoms with van der Waals surface area (Å²) in [7, 11) is -2.25. The highest BCUT2D eigenvalue weighted by Crippen LogP contribution is 2.31. The third-order valence-electron chi connectivity index (χ3n) is 3.80. The first-order chi connectivity index (χ1) is 12.4. The quantitative estimate of drug-likeness (QED) is 0.594. The number of ether oxygens (including phenoxy) is 1. The van der Waals surface area contributed by atoms with Gasteiger partial charge in [-0.2, -0.15) is 0 Å². The molecular weight excluding hydrogens is 393 g/mol. The number of methoxy groups -OCH3 is 1. The molecule has 1 heterocycles. The minimum absolute atomic E-state index is 0.0515. The molecule has 0 atom stereocenters. The monoisotopic (exact) mass is 407 g/mol. The van der Waals surface area contributed by atoms with E-state index in [9.17, 15) is 8.42 Å². The van der Waals surface area contributed by atoms with Crippen LogP contribution < -0.4 is 4.74 Å². The van der Waals surface area contributed by atoms with Crippen molar-refractivity contribution in [3.63, 3.8) is 0 Å². The van der Waals surface area contributed by atoms with Crippen molar-refractivity contribution in [2.75, 3.05) is 7.11 Å². The number of sulfone groups is 1. The zero-order valence-corrected chi connectivity index (χ0v) is 16.1. The van der Waals surface area contributed by atoms with Crippen molar-refractivity contribution in [1.82, 2.24) is 4.98 Å². The average molecular weight is 408 g/mol. The Balaban J connectivity index is 1.98. The maximum Gasteiger partial charge on any atom is 0.186 e. The van der Waals surface area contributed by atoms with E-state index in [0.717, 1.165) is 11.1 Å². The number of rotatable bonds is 5. The summed E-state index contributed by atoms with van der Waals surface area (Å²) >= 11 is 12.2. The van der Waals surface area contributed by atoms with Crippen molar-refractivity contribution >= 4 is 33.0 Å². The molecule has 0 aliphatic rings. The van der Waals surface area contributed by atoms with Crippen molar-refractivity contribution in [2.45, 2.75) is 10.6 Å². The summed E-state index contributed by atoms with van der Waals surface area (Å²) in [6, 6.07) is 13.6. The van der Waals surface area contributed by atoms with Crippen molar-refractivity contribution in [3.05, 3.63) is 76.5 Å². The predicted molar refractivity (Wildman–Crippen MR) is 104 cm³/mol. The van der Waals surface area contributed by atoms with Crippen LogP contribution in [-0.4, -0.2) is 20.5 Å². The molecule has 0 unspecified atom stereocenters. The fraction of sp³-hybridized carbons (Fsp3) is 0.105. The maximum atomic E-state index is 12.9. The summed E-state index contributed by atoms with van der Waals surface area (Å²) in [6.07, 6.45) is 3.17. The third-order valence-corrected chi connectivity index (χ3v) is 6.06. The zero-order valence-electron chi connectivity index (χ0n) is 13.8. The van der Waals surface area contributed by atoms with E-state index in [1.54, 1.807) is 24.4 Å². The number of nitrogens with zero attached hydrogens (tertiary/aromatic N) is 1. The average Bonchev–Trinajstić information content (AvgIpc) is 2.62. The van der Waals surface area contributed by atoms with E-state index in [0.29, 0.717) is 15.6 Å². The second-order valence-corrected chi connectivity index (χ2v) is 8.42. The molecule has 4 nitrogen and oxygen atoms in total. The number of benzene rings is 2. The van der Waals surface area contributed by atoms with E-state index in [-0.39, 0.29) is 16.4 Å². The fourth-order valence-electron chi connectivity index (χ4n) is 2.60. The molecule has 0 aliphatic carbocycles. The second kappa shape index (κ2) is 7.66. The van der Waals surface area contributed by atoms with Gasteiger partial charge in [0, 0.05) is 33.6 Å². The van der Waals surface area contributed by atoms with E-state index in [1.807, 2.05) is 18.2 Å². The van der Waals surface area contributed by atoms with Crippen LogP contribution in [0.5, 0.6) is 5.75 Å². The van der Waals surface area contributed by atoms with E-state index >= 15 is 0 Å². The molecule has 0 N–H and O–H groups in total. The molecule has 134 valence electrons. The number of hydrogen-bond acceptors (Lipinski definition) is 4. The Morgan fingerprint density at radius 1 is 1.04 bits per heavy atom. The first-order valence-electron chi connectivity index (χ1n) is 7.66. The van der Waals surface area contributed by atoms with Gasteiger partial charge in [0.05, 0.1) is 12.9 Å². The summed E-state index contributed by atoms with van der Waals surface area (Å²) in [5, 5.41) is 0.901. The molecule has 26 heavy (non-hydrogen) atoms. The van der Waals surface area contributed by atoms with E-state index < -0.39 is 9.84 Å². The number of hydrogen-bond donors (Lipinski definition) is 0. The van der Waals surface area contributed by atoms with Crippen LogP contribution in [0.25, 0.3) is 11.1 Å². The first-order valence-corrected chi connectivity index (χ1v) is 10.1. The lowest BCUT2D eigenvalue weighted by Crippen LogP contribution is -2.07. The van der Waals surface area contributed by atoms with Crippen molar-refractivity contribution in [3.8, 4) is 16.9 Å². The minimum atomic E-state index is -3.67. The highest BCUT2D eigenvalue weighted by molar-refractivity contribution is 7.90. The number of halogens is 2. The molecule has 0 amide bonds. The van der Waals surface area contributed by atoms with Gasteiger partial charge in [-0.25, -0.2) is 8.42 Å². The summed E-state index contributed by atoms with van der Waals surface area (Å²) in [4.78, 5) is 4.21. The highest BCUT2D eigenvalue weighted by Gasteiger charge is 2.21. The lowest BCUT2D eigenvalue weighted by atomic mass is 10.1. The van der Waals surface area contributed by atoms with E-state index in [4.69, 9.17) is 27.9 Å². The molecule has 7 heteroatoms. The van der Waals surface area contributed by atoms with Gasteiger partial charge in [0.2, 0.25) is 0 Å². The molecule has 0 fully saturated rings. The van der Waals surface area contributed by atoms with Crippen LogP contribution in [0, 0.1) is 0 Å². The van der Waals surface area contributed by atoms with Gasteiger partial charge >= 0.3 is 0 Å². The van der Waals surface area contributed by atoms with Gasteiger partial charge in [0.15, 0.2) is 9.84 Å². The molecule has 2 aromatic carbocycles. The van der Waals surface area contributed by atoms with Gasteiger partial charge in [-0.1, -0.05) is 41.4 Å². The molecule has 3 aromatic rings. The van der Waals surface area contributed by atoms with Gasteiger partial charge in [0.25, 0.3) is 0 Å². The van der Waals surface area contributed by atoms with Gasteiger partial charge < -0.3 is 4.74 Å². The normalized spacial score (nSPS) is 11.3. The smallest absolute Gasteiger partial charge is 0.186 e. The lowest BCUT2D eigenvalue weighted by molar-refractivity contribution is 0.402. The maximum absolute atomic E-state index is 12.9. The first kappa shape index (κ1) is 18.7. The Bertz CT molecular complexity index is 1050. The Morgan fingerprint density at radius 2 is 1.81 bits per heavy atom. The van der Waals surface area contributed by atoms with Crippen molar-refractivity contribution < 1.29 is 13.2 Å². The van der Waals surface area contributed by atoms with Crippen LogP contribution in [0.3, 0.4) is 0 Å². The fourth-order valence-corrected chi connectivity index (χ4v) is 4.60. The molecule has 0 spiro atoms. The SMILES string of the molecule is COc1ccc(Cl)cc1S(=O)(=O)Cc1cncc(-c2ccccc2Cl)c1. The Hall–Kier alpha value is -2.08. The molecular formula is C19H15Cl2NO3S. The summed E-state index contributed by atoms with van der Waals surface area (Å²) in [5.41, 5.74) is 2.09. The predicted octanol–water partition coefficient (Wildman–Crippen LogP) is 5.04. The molecule has 3 rings (SSSR count). The second-order valence-electron chi connectivity index (χ2n) is 5.62. The summed E-state index contributed by atoms with van der Waals surface area (Å²) < 4.78 is 30.9. The molecule has 0 saturated heterocycles. The number of pyridine rings is 1. The van der Waals surface area contributed by atoms with Crippen LogP contribution in [0.4, 0.5) is 0 Å². The Morgan fingerprint density at radius 3 is 2.54 bits per heavy atom. The number of aromatic nitrogens is 1. The van der Waals surface area contributed by atoms with Gasteiger partial charge in [-0.15, -0.1) is 0 Å². The topological polar surface area (TPSA) is 56.3 Å². The van der Waals surface area contributed by atoms with Gasteiger partial charge in [0.1, 0.15) is 10.6 Å². The molecule has 0 bridgehead atoms. The van der Waals surface area contributed by atoms with Crippen LogP contribution in [0.2, 0.25) is 10.0 Å². The van der Waals surface area contributed by atoms with E-state index in [1.165, 1.54) is 25.4 Å². The molecule has 0 aliphatic heterocycles. The van der Waals surface area contributed by atoms with Crippen LogP contribution >= 0.6 is 23.2 Å².